The molecule has 2 saturated heterocycles. The minimum Gasteiger partial charge on any atom is -0.378 e. The quantitative estimate of drug-likeness (QED) is 0.832. The number of carbonyl (C=O) groups is 1. The first-order valence-electron chi connectivity index (χ1n) is 9.26. The molecule has 0 aliphatic carbocycles. The lowest BCUT2D eigenvalue weighted by molar-refractivity contribution is -0.141. The van der Waals surface area contributed by atoms with Crippen molar-refractivity contribution in [3.8, 4) is 11.4 Å². The van der Waals surface area contributed by atoms with E-state index in [-0.39, 0.29) is 11.8 Å². The van der Waals surface area contributed by atoms with Crippen LogP contribution in [0.4, 0.5) is 0 Å². The van der Waals surface area contributed by atoms with Crippen LogP contribution >= 0.6 is 0 Å². The number of morpholine rings is 1. The second kappa shape index (κ2) is 7.97. The predicted octanol–water partition coefficient (Wildman–Crippen LogP) is 1.81. The number of aromatic nitrogens is 2. The van der Waals surface area contributed by atoms with Crippen LogP contribution in [-0.2, 0) is 16.1 Å². The third-order valence-corrected chi connectivity index (χ3v) is 5.04. The monoisotopic (exact) mass is 356 g/mol. The average Bonchev–Trinajstić information content (AvgIpc) is 3.17. The maximum Gasteiger partial charge on any atom is 0.241 e. The number of hydrogen-bond acceptors (Lipinski definition) is 6. The third-order valence-electron chi connectivity index (χ3n) is 5.04. The van der Waals surface area contributed by atoms with Gasteiger partial charge in [-0.25, -0.2) is 0 Å². The molecule has 26 heavy (non-hydrogen) atoms. The minimum absolute atomic E-state index is 0.0540. The smallest absolute Gasteiger partial charge is 0.241 e. The first-order valence-corrected chi connectivity index (χ1v) is 9.26. The van der Waals surface area contributed by atoms with Gasteiger partial charge in [-0.3, -0.25) is 9.69 Å². The van der Waals surface area contributed by atoms with Crippen molar-refractivity contribution in [2.75, 3.05) is 39.4 Å². The molecule has 0 radical (unpaired) electrons. The van der Waals surface area contributed by atoms with E-state index in [4.69, 9.17) is 9.26 Å². The van der Waals surface area contributed by atoms with Crippen molar-refractivity contribution in [2.45, 2.75) is 19.4 Å². The van der Waals surface area contributed by atoms with Crippen LogP contribution in [0.1, 0.15) is 18.7 Å². The van der Waals surface area contributed by atoms with E-state index in [1.54, 1.807) is 0 Å². The fourth-order valence-electron chi connectivity index (χ4n) is 3.66. The van der Waals surface area contributed by atoms with Gasteiger partial charge < -0.3 is 14.2 Å². The van der Waals surface area contributed by atoms with Gasteiger partial charge in [-0.05, 0) is 19.4 Å². The largest absolute Gasteiger partial charge is 0.378 e. The van der Waals surface area contributed by atoms with E-state index in [9.17, 15) is 4.79 Å². The summed E-state index contributed by atoms with van der Waals surface area (Å²) in [6, 6.07) is 9.80. The Bertz CT molecular complexity index is 727. The summed E-state index contributed by atoms with van der Waals surface area (Å²) in [4.78, 5) is 21.4. The molecule has 1 unspecified atom stereocenters. The Morgan fingerprint density at radius 2 is 1.96 bits per heavy atom. The molecule has 2 aliphatic heterocycles. The molecule has 0 bridgehead atoms. The zero-order valence-electron chi connectivity index (χ0n) is 14.8. The maximum absolute atomic E-state index is 12.7. The second-order valence-corrected chi connectivity index (χ2v) is 6.89. The van der Waals surface area contributed by atoms with Crippen LogP contribution in [0.5, 0.6) is 0 Å². The molecule has 2 aliphatic rings. The Morgan fingerprint density at radius 3 is 2.77 bits per heavy atom. The Hall–Kier alpha value is -2.25. The average molecular weight is 356 g/mol. The highest BCUT2D eigenvalue weighted by Gasteiger charge is 2.30. The van der Waals surface area contributed by atoms with Crippen LogP contribution in [0.15, 0.2) is 34.9 Å². The standard InChI is InChI=1S/C19H24N4O3/c24-19(23-9-11-25-12-10-23)16-7-4-8-22(13-16)14-17-20-18(21-26-17)15-5-2-1-3-6-15/h1-3,5-6,16H,4,7-14H2. The number of ether oxygens (including phenoxy) is 1. The molecule has 138 valence electrons. The molecule has 4 rings (SSSR count). The number of benzene rings is 1. The Labute approximate surface area is 152 Å². The fraction of sp³-hybridized carbons (Fsp3) is 0.526. The van der Waals surface area contributed by atoms with Crippen molar-refractivity contribution in [3.05, 3.63) is 36.2 Å². The van der Waals surface area contributed by atoms with Crippen molar-refractivity contribution in [1.82, 2.24) is 19.9 Å². The summed E-state index contributed by atoms with van der Waals surface area (Å²) in [5.74, 6) is 1.52. The van der Waals surface area contributed by atoms with Gasteiger partial charge in [0.15, 0.2) is 0 Å². The van der Waals surface area contributed by atoms with E-state index in [2.05, 4.69) is 15.0 Å². The topological polar surface area (TPSA) is 71.7 Å². The van der Waals surface area contributed by atoms with Crippen LogP contribution in [-0.4, -0.2) is 65.2 Å². The third kappa shape index (κ3) is 3.94. The summed E-state index contributed by atoms with van der Waals surface area (Å²) < 4.78 is 10.8. The molecule has 1 aromatic carbocycles. The summed E-state index contributed by atoms with van der Waals surface area (Å²) in [6.07, 6.45) is 1.96. The molecule has 0 spiro atoms. The molecule has 2 aromatic rings. The van der Waals surface area contributed by atoms with E-state index < -0.39 is 0 Å². The molecule has 0 saturated carbocycles. The van der Waals surface area contributed by atoms with Gasteiger partial charge in [0, 0.05) is 25.2 Å². The van der Waals surface area contributed by atoms with Crippen molar-refractivity contribution in [2.24, 2.45) is 5.92 Å². The van der Waals surface area contributed by atoms with Gasteiger partial charge in [-0.15, -0.1) is 0 Å². The summed E-state index contributed by atoms with van der Waals surface area (Å²) in [6.45, 7) is 5.00. The van der Waals surface area contributed by atoms with Gasteiger partial charge in [0.1, 0.15) is 0 Å². The zero-order valence-corrected chi connectivity index (χ0v) is 14.8. The number of carbonyl (C=O) groups excluding carboxylic acids is 1. The highest BCUT2D eigenvalue weighted by molar-refractivity contribution is 5.79. The number of likely N-dealkylation sites (tertiary alicyclic amines) is 1. The highest BCUT2D eigenvalue weighted by Crippen LogP contribution is 2.22. The number of amides is 1. The normalized spacial score (nSPS) is 21.7. The lowest BCUT2D eigenvalue weighted by Crippen LogP contribution is -2.48. The highest BCUT2D eigenvalue weighted by atomic mass is 16.5. The van der Waals surface area contributed by atoms with Crippen molar-refractivity contribution in [3.63, 3.8) is 0 Å². The number of rotatable bonds is 4. The second-order valence-electron chi connectivity index (χ2n) is 6.89. The molecule has 7 nitrogen and oxygen atoms in total. The molecule has 1 amide bonds. The lowest BCUT2D eigenvalue weighted by atomic mass is 9.96. The molecule has 7 heteroatoms. The van der Waals surface area contributed by atoms with E-state index in [0.29, 0.717) is 44.6 Å². The fourth-order valence-corrected chi connectivity index (χ4v) is 3.66. The zero-order chi connectivity index (χ0) is 17.8. The van der Waals surface area contributed by atoms with Gasteiger partial charge >= 0.3 is 0 Å². The van der Waals surface area contributed by atoms with Crippen LogP contribution in [0, 0.1) is 5.92 Å². The number of hydrogen-bond donors (Lipinski definition) is 0. The van der Waals surface area contributed by atoms with E-state index in [0.717, 1.165) is 31.5 Å². The van der Waals surface area contributed by atoms with E-state index in [1.165, 1.54) is 0 Å². The van der Waals surface area contributed by atoms with Crippen LogP contribution in [0.3, 0.4) is 0 Å². The van der Waals surface area contributed by atoms with Crippen LogP contribution in [0.2, 0.25) is 0 Å². The Morgan fingerprint density at radius 1 is 1.15 bits per heavy atom. The summed E-state index contributed by atoms with van der Waals surface area (Å²) >= 11 is 0. The van der Waals surface area contributed by atoms with Crippen molar-refractivity contribution in [1.29, 1.82) is 0 Å². The number of nitrogens with zero attached hydrogens (tertiary/aromatic N) is 4. The predicted molar refractivity (Wildman–Crippen MR) is 95.1 cm³/mol. The van der Waals surface area contributed by atoms with Gasteiger partial charge in [-0.2, -0.15) is 4.98 Å². The van der Waals surface area contributed by atoms with Gasteiger partial charge in [0.25, 0.3) is 0 Å². The first kappa shape index (κ1) is 17.2. The first-order chi connectivity index (χ1) is 12.8. The van der Waals surface area contributed by atoms with Gasteiger partial charge in [0.2, 0.25) is 17.6 Å². The summed E-state index contributed by atoms with van der Waals surface area (Å²) in [7, 11) is 0. The SMILES string of the molecule is O=C(C1CCCN(Cc2nc(-c3ccccc3)no2)C1)N1CCOCC1. The molecule has 2 fully saturated rings. The summed E-state index contributed by atoms with van der Waals surface area (Å²) in [5.41, 5.74) is 0.946. The van der Waals surface area contributed by atoms with Gasteiger partial charge in [0.05, 0.1) is 25.7 Å². The van der Waals surface area contributed by atoms with Crippen molar-refractivity contribution < 1.29 is 14.1 Å². The van der Waals surface area contributed by atoms with Gasteiger partial charge in [-0.1, -0.05) is 35.5 Å². The minimum atomic E-state index is 0.0540. The molecular weight excluding hydrogens is 332 g/mol. The summed E-state index contributed by atoms with van der Waals surface area (Å²) in [5, 5.41) is 4.08. The molecule has 3 heterocycles. The Kier molecular flexibility index (Phi) is 5.26. The van der Waals surface area contributed by atoms with Crippen LogP contribution in [0.25, 0.3) is 11.4 Å². The molecule has 0 N–H and O–H groups in total. The van der Waals surface area contributed by atoms with E-state index in [1.807, 2.05) is 35.2 Å². The van der Waals surface area contributed by atoms with E-state index >= 15 is 0 Å². The Balaban J connectivity index is 1.36. The van der Waals surface area contributed by atoms with Crippen molar-refractivity contribution >= 4 is 5.91 Å². The number of piperidine rings is 1. The molecular formula is C19H24N4O3. The van der Waals surface area contributed by atoms with Crippen LogP contribution < -0.4 is 0 Å². The lowest BCUT2D eigenvalue weighted by Gasteiger charge is -2.35. The molecule has 1 aromatic heterocycles. The maximum atomic E-state index is 12.7. The molecule has 1 atom stereocenters.